The normalized spacial score (nSPS) is 16.8. The Morgan fingerprint density at radius 1 is 1.29 bits per heavy atom. The van der Waals surface area contributed by atoms with Crippen LogP contribution in [-0.4, -0.2) is 76.0 Å². The summed E-state index contributed by atoms with van der Waals surface area (Å²) in [6.07, 6.45) is 1.72. The number of nitrogens with zero attached hydrogens (tertiary/aromatic N) is 3. The number of aromatic amines is 1. The molecule has 0 radical (unpaired) electrons. The summed E-state index contributed by atoms with van der Waals surface area (Å²) in [5.41, 5.74) is 3.12. The number of likely N-dealkylation sites (tertiary alicyclic amines) is 1. The Labute approximate surface area is 203 Å². The zero-order valence-corrected chi connectivity index (χ0v) is 20.0. The molecule has 1 saturated heterocycles. The van der Waals surface area contributed by atoms with Crippen LogP contribution in [0.4, 0.5) is 0 Å². The van der Waals surface area contributed by atoms with E-state index in [1.807, 2.05) is 31.2 Å². The fraction of sp³-hybridized carbons (Fsp3) is 0.385. The summed E-state index contributed by atoms with van der Waals surface area (Å²) in [6, 6.07) is 12.4. The summed E-state index contributed by atoms with van der Waals surface area (Å²) in [4.78, 5) is 48.1. The minimum atomic E-state index is -0.369. The molecule has 1 aliphatic rings. The minimum absolute atomic E-state index is 0.0938. The van der Waals surface area contributed by atoms with Crippen molar-refractivity contribution in [2.45, 2.75) is 31.9 Å². The highest BCUT2D eigenvalue weighted by molar-refractivity contribution is 5.94. The Morgan fingerprint density at radius 3 is 2.86 bits per heavy atom. The molecule has 3 N–H and O–H groups in total. The third-order valence-corrected chi connectivity index (χ3v) is 6.41. The number of nitrogens with one attached hydrogen (secondary N) is 2. The Bertz CT molecular complexity index is 1270. The molecule has 9 nitrogen and oxygen atoms in total. The van der Waals surface area contributed by atoms with Crippen LogP contribution in [0.1, 0.15) is 40.9 Å². The van der Waals surface area contributed by atoms with Gasteiger partial charge < -0.3 is 20.3 Å². The molecule has 1 aromatic heterocycles. The number of carbonyl (C=O) groups excluding carboxylic acids is 2. The first-order valence-electron chi connectivity index (χ1n) is 11.9. The molecule has 2 heterocycles. The van der Waals surface area contributed by atoms with E-state index in [-0.39, 0.29) is 35.9 Å². The number of rotatable bonds is 8. The lowest BCUT2D eigenvalue weighted by Gasteiger charge is -2.32. The van der Waals surface area contributed by atoms with Crippen LogP contribution in [0.15, 0.2) is 53.5 Å². The molecule has 1 unspecified atom stereocenters. The second-order valence-corrected chi connectivity index (χ2v) is 8.98. The van der Waals surface area contributed by atoms with Crippen molar-refractivity contribution in [1.29, 1.82) is 0 Å². The first kappa shape index (κ1) is 24.6. The molecule has 9 heteroatoms. The van der Waals surface area contributed by atoms with Crippen LogP contribution in [0.3, 0.4) is 0 Å². The number of β-amino-alcohol motifs (C(OH)–C–C–N with tert-alkyl or cyclic N) is 1. The lowest BCUT2D eigenvalue weighted by molar-refractivity contribution is -0.131. The number of hydrogen-bond acceptors (Lipinski definition) is 6. The molecule has 0 saturated carbocycles. The molecule has 3 aromatic rings. The zero-order valence-electron chi connectivity index (χ0n) is 20.0. The summed E-state index contributed by atoms with van der Waals surface area (Å²) in [7, 11) is 1.77. The van der Waals surface area contributed by atoms with Gasteiger partial charge in [-0.25, -0.2) is 4.98 Å². The van der Waals surface area contributed by atoms with Crippen LogP contribution < -0.4 is 10.9 Å². The molecule has 1 fully saturated rings. The SMILES string of the molecule is CCNC(=O)c1cccc(C(CN2CC[C@@H](O)C2)N(C)C(=O)Cc2ccc3ncc(=O)[nH]c3c2)c1. The Balaban J connectivity index is 1.58. The first-order chi connectivity index (χ1) is 16.8. The van der Waals surface area contributed by atoms with Crippen LogP contribution in [-0.2, 0) is 11.2 Å². The van der Waals surface area contributed by atoms with E-state index in [4.69, 9.17) is 0 Å². The molecule has 184 valence electrons. The number of carbonyl (C=O) groups is 2. The molecular weight excluding hydrogens is 446 g/mol. The molecule has 2 atom stereocenters. The van der Waals surface area contributed by atoms with Crippen LogP contribution in [0.25, 0.3) is 11.0 Å². The minimum Gasteiger partial charge on any atom is -0.392 e. The van der Waals surface area contributed by atoms with Crippen LogP contribution >= 0.6 is 0 Å². The van der Waals surface area contributed by atoms with Crippen molar-refractivity contribution >= 4 is 22.8 Å². The molecule has 0 bridgehead atoms. The topological polar surface area (TPSA) is 119 Å². The van der Waals surface area contributed by atoms with Gasteiger partial charge in [0.2, 0.25) is 5.91 Å². The van der Waals surface area contributed by atoms with Crippen molar-refractivity contribution in [2.75, 3.05) is 33.2 Å². The Morgan fingerprint density at radius 2 is 2.11 bits per heavy atom. The molecule has 4 rings (SSSR count). The van der Waals surface area contributed by atoms with E-state index in [0.717, 1.165) is 17.7 Å². The van der Waals surface area contributed by atoms with Crippen LogP contribution in [0.2, 0.25) is 0 Å². The molecule has 35 heavy (non-hydrogen) atoms. The third-order valence-electron chi connectivity index (χ3n) is 6.41. The maximum atomic E-state index is 13.4. The molecule has 2 amide bonds. The first-order valence-corrected chi connectivity index (χ1v) is 11.9. The number of H-pyrrole nitrogens is 1. The van der Waals surface area contributed by atoms with Gasteiger partial charge in [0.25, 0.3) is 11.5 Å². The van der Waals surface area contributed by atoms with Crippen LogP contribution in [0.5, 0.6) is 0 Å². The zero-order chi connectivity index (χ0) is 24.9. The van der Waals surface area contributed by atoms with E-state index in [1.165, 1.54) is 6.20 Å². The Hall–Kier alpha value is -3.56. The van der Waals surface area contributed by atoms with Crippen LogP contribution in [0, 0.1) is 0 Å². The lowest BCUT2D eigenvalue weighted by atomic mass is 10.0. The van der Waals surface area contributed by atoms with Gasteiger partial charge in [0.15, 0.2) is 0 Å². The number of fused-ring (bicyclic) bond motifs is 1. The highest BCUT2D eigenvalue weighted by Gasteiger charge is 2.28. The second kappa shape index (κ2) is 10.8. The largest absolute Gasteiger partial charge is 0.392 e. The van der Waals surface area contributed by atoms with Crippen molar-refractivity contribution in [3.05, 3.63) is 75.7 Å². The van der Waals surface area contributed by atoms with Gasteiger partial charge in [-0.05, 0) is 48.7 Å². The van der Waals surface area contributed by atoms with Crippen molar-refractivity contribution in [2.24, 2.45) is 0 Å². The predicted octanol–water partition coefficient (Wildman–Crippen LogP) is 1.48. The highest BCUT2D eigenvalue weighted by Crippen LogP contribution is 2.25. The van der Waals surface area contributed by atoms with Gasteiger partial charge in [-0.3, -0.25) is 19.3 Å². The van der Waals surface area contributed by atoms with Gasteiger partial charge in [-0.1, -0.05) is 18.2 Å². The number of hydrogen-bond donors (Lipinski definition) is 3. The number of aliphatic hydroxyl groups is 1. The van der Waals surface area contributed by atoms with Gasteiger partial charge in [0, 0.05) is 38.8 Å². The average molecular weight is 478 g/mol. The van der Waals surface area contributed by atoms with Crippen molar-refractivity contribution in [3.8, 4) is 0 Å². The smallest absolute Gasteiger partial charge is 0.266 e. The fourth-order valence-corrected chi connectivity index (χ4v) is 4.50. The summed E-state index contributed by atoms with van der Waals surface area (Å²) in [6.45, 7) is 4.25. The van der Waals surface area contributed by atoms with Gasteiger partial charge in [-0.2, -0.15) is 0 Å². The summed E-state index contributed by atoms with van der Waals surface area (Å²) >= 11 is 0. The van der Waals surface area contributed by atoms with Gasteiger partial charge in [0.1, 0.15) is 0 Å². The highest BCUT2D eigenvalue weighted by atomic mass is 16.3. The van der Waals surface area contributed by atoms with Crippen molar-refractivity contribution in [3.63, 3.8) is 0 Å². The van der Waals surface area contributed by atoms with E-state index >= 15 is 0 Å². The Kier molecular flexibility index (Phi) is 7.57. The monoisotopic (exact) mass is 477 g/mol. The number of amides is 2. The maximum Gasteiger partial charge on any atom is 0.266 e. The average Bonchev–Trinajstić information content (AvgIpc) is 3.26. The van der Waals surface area contributed by atoms with Gasteiger partial charge in [-0.15, -0.1) is 0 Å². The number of aliphatic hydroxyl groups excluding tert-OH is 1. The quantitative estimate of drug-likeness (QED) is 0.452. The second-order valence-electron chi connectivity index (χ2n) is 8.98. The molecule has 0 spiro atoms. The predicted molar refractivity (Wildman–Crippen MR) is 133 cm³/mol. The molecular formula is C26H31N5O4. The van der Waals surface area contributed by atoms with Gasteiger partial charge >= 0.3 is 0 Å². The molecule has 2 aromatic carbocycles. The van der Waals surface area contributed by atoms with E-state index in [2.05, 4.69) is 20.2 Å². The van der Waals surface area contributed by atoms with Crippen molar-refractivity contribution in [1.82, 2.24) is 25.1 Å². The molecule has 1 aliphatic heterocycles. The number of benzene rings is 2. The van der Waals surface area contributed by atoms with Gasteiger partial charge in [0.05, 0.1) is 35.8 Å². The van der Waals surface area contributed by atoms with Crippen molar-refractivity contribution < 1.29 is 14.7 Å². The summed E-state index contributed by atoms with van der Waals surface area (Å²) in [5.74, 6) is -0.249. The fourth-order valence-electron chi connectivity index (χ4n) is 4.50. The molecule has 0 aliphatic carbocycles. The lowest BCUT2D eigenvalue weighted by Crippen LogP contribution is -2.39. The number of aromatic nitrogens is 2. The third kappa shape index (κ3) is 5.93. The van der Waals surface area contributed by atoms with E-state index < -0.39 is 0 Å². The van der Waals surface area contributed by atoms with E-state index in [1.54, 1.807) is 30.1 Å². The summed E-state index contributed by atoms with van der Waals surface area (Å²) < 4.78 is 0. The van der Waals surface area contributed by atoms with E-state index in [9.17, 15) is 19.5 Å². The maximum absolute atomic E-state index is 13.4. The number of likely N-dealkylation sites (N-methyl/N-ethyl adjacent to an activating group) is 1. The standard InChI is InChI=1S/C26H31N5O4/c1-3-27-26(35)19-6-4-5-18(13-19)23(16-31-10-9-20(32)15-31)30(2)25(34)12-17-7-8-21-22(11-17)29-24(33)14-28-21/h4-8,11,13-14,20,23,32H,3,9-10,12,15-16H2,1-2H3,(H,27,35)(H,29,33)/t20-,23?/m1/s1. The van der Waals surface area contributed by atoms with E-state index in [0.29, 0.717) is 42.7 Å². The summed E-state index contributed by atoms with van der Waals surface area (Å²) in [5, 5.41) is 12.8.